The Hall–Kier alpha value is -3.68. The van der Waals surface area contributed by atoms with Crippen LogP contribution in [0, 0.1) is 0 Å². The van der Waals surface area contributed by atoms with E-state index in [-0.39, 0.29) is 30.0 Å². The highest BCUT2D eigenvalue weighted by atomic mass is 16.2. The van der Waals surface area contributed by atoms with E-state index < -0.39 is 0 Å². The number of nitrogens with one attached hydrogen (secondary N) is 2. The largest absolute Gasteiger partial charge is 0.349 e. The maximum Gasteiger partial charge on any atom is 0.252 e. The number of carbonyl (C=O) groups is 2. The van der Waals surface area contributed by atoms with Gasteiger partial charge in [-0.15, -0.1) is 0 Å². The van der Waals surface area contributed by atoms with E-state index >= 15 is 0 Å². The Bertz CT molecular complexity index is 1100. The molecule has 30 heavy (non-hydrogen) atoms. The Morgan fingerprint density at radius 1 is 1.10 bits per heavy atom. The fourth-order valence-electron chi connectivity index (χ4n) is 3.63. The molecule has 2 N–H and O–H groups in total. The molecule has 0 unspecified atom stereocenters. The number of hydrogen-bond donors (Lipinski definition) is 2. The van der Waals surface area contributed by atoms with Crippen LogP contribution in [0.15, 0.2) is 65.8 Å². The number of aromatic nitrogens is 3. The lowest BCUT2D eigenvalue weighted by molar-refractivity contribution is -0.116. The zero-order valence-corrected chi connectivity index (χ0v) is 16.5. The first-order valence-corrected chi connectivity index (χ1v) is 10.00. The van der Waals surface area contributed by atoms with Gasteiger partial charge in [-0.2, -0.15) is 5.10 Å². The zero-order chi connectivity index (χ0) is 20.9. The molecule has 1 aromatic carbocycles. The molecular formula is C22H23N5O3. The van der Waals surface area contributed by atoms with Crippen molar-refractivity contribution in [3.05, 3.63) is 77.0 Å². The number of amides is 2. The Morgan fingerprint density at radius 2 is 1.93 bits per heavy atom. The third-order valence-electron chi connectivity index (χ3n) is 5.15. The van der Waals surface area contributed by atoms with E-state index in [9.17, 15) is 14.4 Å². The summed E-state index contributed by atoms with van der Waals surface area (Å²) in [5.41, 5.74) is 1.43. The molecule has 4 rings (SSSR count). The molecule has 0 atom stereocenters. The van der Waals surface area contributed by atoms with Crippen LogP contribution in [0.2, 0.25) is 0 Å². The summed E-state index contributed by atoms with van der Waals surface area (Å²) in [5.74, 6) is -0.578. The van der Waals surface area contributed by atoms with Gasteiger partial charge in [-0.25, -0.2) is 4.68 Å². The molecule has 1 aliphatic carbocycles. The first kappa shape index (κ1) is 19.6. The van der Waals surface area contributed by atoms with E-state index in [2.05, 4.69) is 15.7 Å². The molecule has 0 aliphatic heterocycles. The molecule has 0 bridgehead atoms. The summed E-state index contributed by atoms with van der Waals surface area (Å²) in [4.78, 5) is 37.1. The summed E-state index contributed by atoms with van der Waals surface area (Å²) < 4.78 is 2.93. The van der Waals surface area contributed by atoms with Gasteiger partial charge in [0.25, 0.3) is 11.5 Å². The van der Waals surface area contributed by atoms with Crippen molar-refractivity contribution in [3.63, 3.8) is 0 Å². The Labute approximate surface area is 173 Å². The van der Waals surface area contributed by atoms with Crippen LogP contribution in [0.1, 0.15) is 36.0 Å². The normalized spacial score (nSPS) is 13.9. The van der Waals surface area contributed by atoms with Gasteiger partial charge < -0.3 is 15.2 Å². The number of benzene rings is 1. The SMILES string of the molecule is O=C(Cn1cc(C(=O)NC2CCCC2)ccc1=O)Nc1cccc(-n2cccn2)c1. The molecule has 2 amide bonds. The quantitative estimate of drug-likeness (QED) is 0.658. The Balaban J connectivity index is 1.43. The maximum atomic E-state index is 12.5. The second-order valence-corrected chi connectivity index (χ2v) is 7.39. The van der Waals surface area contributed by atoms with Gasteiger partial charge in [-0.05, 0) is 43.2 Å². The lowest BCUT2D eigenvalue weighted by Crippen LogP contribution is -2.34. The van der Waals surface area contributed by atoms with Gasteiger partial charge in [0.2, 0.25) is 5.91 Å². The molecule has 2 heterocycles. The Morgan fingerprint density at radius 3 is 2.70 bits per heavy atom. The van der Waals surface area contributed by atoms with E-state index in [1.54, 1.807) is 23.0 Å². The highest BCUT2D eigenvalue weighted by molar-refractivity contribution is 5.94. The number of pyridine rings is 1. The van der Waals surface area contributed by atoms with Crippen molar-refractivity contribution in [2.45, 2.75) is 38.3 Å². The van der Waals surface area contributed by atoms with Gasteiger partial charge in [-0.1, -0.05) is 18.9 Å². The predicted octanol–water partition coefficient (Wildman–Crippen LogP) is 2.35. The molecule has 154 valence electrons. The second kappa shape index (κ2) is 8.77. The average Bonchev–Trinajstić information content (AvgIpc) is 3.44. The molecular weight excluding hydrogens is 382 g/mol. The van der Waals surface area contributed by atoms with Crippen LogP contribution in [0.3, 0.4) is 0 Å². The third kappa shape index (κ3) is 4.65. The second-order valence-electron chi connectivity index (χ2n) is 7.39. The number of hydrogen-bond acceptors (Lipinski definition) is 4. The van der Waals surface area contributed by atoms with Gasteiger partial charge in [0.05, 0.1) is 11.3 Å². The van der Waals surface area contributed by atoms with Gasteiger partial charge in [0, 0.05) is 36.4 Å². The van der Waals surface area contributed by atoms with E-state index in [1.807, 2.05) is 24.4 Å². The van der Waals surface area contributed by atoms with Crippen LogP contribution in [-0.2, 0) is 11.3 Å². The van der Waals surface area contributed by atoms with Crippen LogP contribution < -0.4 is 16.2 Å². The number of rotatable bonds is 6. The highest BCUT2D eigenvalue weighted by Gasteiger charge is 2.18. The maximum absolute atomic E-state index is 12.5. The van der Waals surface area contributed by atoms with E-state index in [0.717, 1.165) is 31.4 Å². The summed E-state index contributed by atoms with van der Waals surface area (Å²) >= 11 is 0. The van der Waals surface area contributed by atoms with E-state index in [4.69, 9.17) is 0 Å². The fraction of sp³-hybridized carbons (Fsp3) is 0.273. The minimum Gasteiger partial charge on any atom is -0.349 e. The van der Waals surface area contributed by atoms with E-state index in [0.29, 0.717) is 11.3 Å². The van der Waals surface area contributed by atoms with Crippen LogP contribution in [-0.4, -0.2) is 32.2 Å². The predicted molar refractivity (Wildman–Crippen MR) is 113 cm³/mol. The first-order valence-electron chi connectivity index (χ1n) is 10.00. The van der Waals surface area contributed by atoms with Crippen molar-refractivity contribution < 1.29 is 9.59 Å². The number of nitrogens with zero attached hydrogens (tertiary/aromatic N) is 3. The summed E-state index contributed by atoms with van der Waals surface area (Å²) in [6.07, 6.45) is 9.11. The minimum atomic E-state index is -0.358. The van der Waals surface area contributed by atoms with Gasteiger partial charge in [-0.3, -0.25) is 14.4 Å². The van der Waals surface area contributed by atoms with Gasteiger partial charge in [0.15, 0.2) is 0 Å². The van der Waals surface area contributed by atoms with Crippen molar-refractivity contribution >= 4 is 17.5 Å². The number of carbonyl (C=O) groups excluding carboxylic acids is 2. The summed E-state index contributed by atoms with van der Waals surface area (Å²) in [7, 11) is 0. The third-order valence-corrected chi connectivity index (χ3v) is 5.15. The Kier molecular flexibility index (Phi) is 5.74. The summed E-state index contributed by atoms with van der Waals surface area (Å²) in [5, 5.41) is 9.95. The van der Waals surface area contributed by atoms with Gasteiger partial charge in [0.1, 0.15) is 6.54 Å². The standard InChI is InChI=1S/C22H23N5O3/c28-20(24-18-7-3-8-19(13-18)27-12-4-11-23-27)15-26-14-16(9-10-21(26)29)22(30)25-17-5-1-2-6-17/h3-4,7-14,17H,1-2,5-6,15H2,(H,24,28)(H,25,30). The van der Waals surface area contributed by atoms with Crippen molar-refractivity contribution in [1.29, 1.82) is 0 Å². The average molecular weight is 405 g/mol. The van der Waals surface area contributed by atoms with Crippen molar-refractivity contribution in [1.82, 2.24) is 19.7 Å². The van der Waals surface area contributed by atoms with Crippen LogP contribution >= 0.6 is 0 Å². The molecule has 1 aliphatic rings. The molecule has 8 nitrogen and oxygen atoms in total. The zero-order valence-electron chi connectivity index (χ0n) is 16.5. The monoisotopic (exact) mass is 405 g/mol. The molecule has 0 saturated heterocycles. The first-order chi connectivity index (χ1) is 14.6. The fourth-order valence-corrected chi connectivity index (χ4v) is 3.63. The highest BCUT2D eigenvalue weighted by Crippen LogP contribution is 2.18. The van der Waals surface area contributed by atoms with Gasteiger partial charge >= 0.3 is 0 Å². The molecule has 3 aromatic rings. The molecule has 1 fully saturated rings. The summed E-state index contributed by atoms with van der Waals surface area (Å²) in [6, 6.07) is 12.0. The minimum absolute atomic E-state index is 0.184. The molecule has 8 heteroatoms. The van der Waals surface area contributed by atoms with Crippen molar-refractivity contribution in [3.8, 4) is 5.69 Å². The van der Waals surface area contributed by atoms with Crippen LogP contribution in [0.25, 0.3) is 5.69 Å². The van der Waals surface area contributed by atoms with E-state index in [1.165, 1.54) is 22.9 Å². The molecule has 2 aromatic heterocycles. The van der Waals surface area contributed by atoms with Crippen molar-refractivity contribution in [2.24, 2.45) is 0 Å². The van der Waals surface area contributed by atoms with Crippen molar-refractivity contribution in [2.75, 3.05) is 5.32 Å². The lowest BCUT2D eigenvalue weighted by atomic mass is 10.2. The molecule has 1 saturated carbocycles. The molecule has 0 radical (unpaired) electrons. The number of anilines is 1. The smallest absolute Gasteiger partial charge is 0.252 e. The topological polar surface area (TPSA) is 98.0 Å². The summed E-state index contributed by atoms with van der Waals surface area (Å²) in [6.45, 7) is -0.185. The molecule has 0 spiro atoms. The van der Waals surface area contributed by atoms with Crippen LogP contribution in [0.5, 0.6) is 0 Å². The van der Waals surface area contributed by atoms with Crippen LogP contribution in [0.4, 0.5) is 5.69 Å². The lowest BCUT2D eigenvalue weighted by Gasteiger charge is -2.13.